The van der Waals surface area contributed by atoms with Crippen LogP contribution in [0.4, 0.5) is 5.69 Å². The highest BCUT2D eigenvalue weighted by molar-refractivity contribution is 7.07. The van der Waals surface area contributed by atoms with Crippen LogP contribution in [-0.4, -0.2) is 4.92 Å². The lowest BCUT2D eigenvalue weighted by molar-refractivity contribution is -0.384. The number of benzene rings is 1. The highest BCUT2D eigenvalue weighted by atomic mass is 35.5. The Morgan fingerprint density at radius 2 is 2.26 bits per heavy atom. The van der Waals surface area contributed by atoms with Crippen molar-refractivity contribution in [3.63, 3.8) is 0 Å². The average molecular weight is 297 g/mol. The lowest BCUT2D eigenvalue weighted by atomic mass is 10.1. The summed E-state index contributed by atoms with van der Waals surface area (Å²) >= 11 is 7.70. The van der Waals surface area contributed by atoms with Crippen molar-refractivity contribution >= 4 is 28.6 Å². The molecule has 0 aliphatic heterocycles. The van der Waals surface area contributed by atoms with Crippen LogP contribution in [0.1, 0.15) is 24.1 Å². The molecule has 0 radical (unpaired) electrons. The van der Waals surface area contributed by atoms with Gasteiger partial charge in [0, 0.05) is 24.7 Å². The largest absolute Gasteiger partial charge is 0.306 e. The van der Waals surface area contributed by atoms with E-state index in [9.17, 15) is 10.1 Å². The third-order valence-electron chi connectivity index (χ3n) is 2.89. The molecule has 1 aromatic carbocycles. The number of rotatable bonds is 5. The molecule has 0 amide bonds. The van der Waals surface area contributed by atoms with Gasteiger partial charge in [0.2, 0.25) is 0 Å². The molecule has 2 aromatic rings. The van der Waals surface area contributed by atoms with Crippen molar-refractivity contribution in [3.8, 4) is 0 Å². The minimum atomic E-state index is -0.447. The lowest BCUT2D eigenvalue weighted by Crippen LogP contribution is -2.17. The predicted molar refractivity (Wildman–Crippen MR) is 77.7 cm³/mol. The van der Waals surface area contributed by atoms with Crippen LogP contribution < -0.4 is 5.32 Å². The summed E-state index contributed by atoms with van der Waals surface area (Å²) in [5.41, 5.74) is 2.09. The molecule has 0 aliphatic carbocycles. The van der Waals surface area contributed by atoms with Crippen LogP contribution in [0.3, 0.4) is 0 Å². The Morgan fingerprint density at radius 3 is 2.84 bits per heavy atom. The van der Waals surface area contributed by atoms with Gasteiger partial charge in [-0.15, -0.1) is 0 Å². The molecule has 0 aliphatic rings. The first-order chi connectivity index (χ1) is 9.08. The van der Waals surface area contributed by atoms with E-state index in [2.05, 4.69) is 23.7 Å². The van der Waals surface area contributed by atoms with Gasteiger partial charge >= 0.3 is 0 Å². The smallest absolute Gasteiger partial charge is 0.270 e. The fourth-order valence-corrected chi connectivity index (χ4v) is 2.69. The van der Waals surface area contributed by atoms with Gasteiger partial charge in [-0.05, 0) is 40.9 Å². The SMILES string of the molecule is CC(NCc1ccc([N+](=O)[O-])cc1Cl)c1ccsc1. The zero-order chi connectivity index (χ0) is 13.8. The molecule has 0 saturated carbocycles. The number of nitrogens with zero attached hydrogens (tertiary/aromatic N) is 1. The molecular formula is C13H13ClN2O2S. The zero-order valence-corrected chi connectivity index (χ0v) is 11.9. The summed E-state index contributed by atoms with van der Waals surface area (Å²) in [6.45, 7) is 2.65. The molecule has 0 spiro atoms. The molecule has 1 N–H and O–H groups in total. The molecule has 1 heterocycles. The van der Waals surface area contributed by atoms with Gasteiger partial charge in [0.25, 0.3) is 5.69 Å². The fraction of sp³-hybridized carbons (Fsp3) is 0.231. The zero-order valence-electron chi connectivity index (χ0n) is 10.3. The summed E-state index contributed by atoms with van der Waals surface area (Å²) in [7, 11) is 0. The van der Waals surface area contributed by atoms with Crippen LogP contribution in [0.15, 0.2) is 35.0 Å². The Balaban J connectivity index is 2.02. The number of non-ortho nitro benzene ring substituents is 1. The van der Waals surface area contributed by atoms with Gasteiger partial charge in [0.05, 0.1) is 9.95 Å². The van der Waals surface area contributed by atoms with E-state index in [4.69, 9.17) is 11.6 Å². The highest BCUT2D eigenvalue weighted by Gasteiger charge is 2.11. The number of hydrogen-bond acceptors (Lipinski definition) is 4. The van der Waals surface area contributed by atoms with Crippen molar-refractivity contribution in [2.45, 2.75) is 19.5 Å². The monoisotopic (exact) mass is 296 g/mol. The molecule has 1 unspecified atom stereocenters. The van der Waals surface area contributed by atoms with E-state index in [1.165, 1.54) is 17.7 Å². The fourth-order valence-electron chi connectivity index (χ4n) is 1.70. The van der Waals surface area contributed by atoms with Gasteiger partial charge in [-0.3, -0.25) is 10.1 Å². The maximum Gasteiger partial charge on any atom is 0.270 e. The Bertz CT molecular complexity index is 572. The van der Waals surface area contributed by atoms with Crippen LogP contribution in [0.25, 0.3) is 0 Å². The van der Waals surface area contributed by atoms with Crippen molar-refractivity contribution < 1.29 is 4.92 Å². The molecule has 0 saturated heterocycles. The van der Waals surface area contributed by atoms with Crippen molar-refractivity contribution in [2.24, 2.45) is 0 Å². The number of hydrogen-bond donors (Lipinski definition) is 1. The Morgan fingerprint density at radius 1 is 1.47 bits per heavy atom. The van der Waals surface area contributed by atoms with Crippen LogP contribution >= 0.6 is 22.9 Å². The molecule has 6 heteroatoms. The molecule has 0 fully saturated rings. The maximum atomic E-state index is 10.6. The second-order valence-corrected chi connectivity index (χ2v) is 5.38. The van der Waals surface area contributed by atoms with Gasteiger partial charge < -0.3 is 5.32 Å². The summed E-state index contributed by atoms with van der Waals surface area (Å²) in [5, 5.41) is 18.5. The summed E-state index contributed by atoms with van der Waals surface area (Å²) in [4.78, 5) is 10.2. The standard InChI is InChI=1S/C13H13ClN2O2S/c1-9(11-4-5-19-8-11)15-7-10-2-3-12(16(17)18)6-13(10)14/h2-6,8-9,15H,7H2,1H3. The van der Waals surface area contributed by atoms with Crippen LogP contribution in [-0.2, 0) is 6.54 Å². The average Bonchev–Trinajstić information content (AvgIpc) is 2.90. The predicted octanol–water partition coefficient (Wildman–Crippen LogP) is 4.16. The molecule has 1 atom stereocenters. The Kier molecular flexibility index (Phi) is 4.52. The third-order valence-corrected chi connectivity index (χ3v) is 3.94. The van der Waals surface area contributed by atoms with Crippen LogP contribution in [0.2, 0.25) is 5.02 Å². The topological polar surface area (TPSA) is 55.2 Å². The summed E-state index contributed by atoms with van der Waals surface area (Å²) < 4.78 is 0. The van der Waals surface area contributed by atoms with E-state index in [-0.39, 0.29) is 11.7 Å². The first-order valence-corrected chi connectivity index (χ1v) is 7.08. The van der Waals surface area contributed by atoms with Gasteiger partial charge in [0.15, 0.2) is 0 Å². The molecule has 2 rings (SSSR count). The van der Waals surface area contributed by atoms with Crippen molar-refractivity contribution in [1.29, 1.82) is 0 Å². The molecule has 4 nitrogen and oxygen atoms in total. The molecule has 1 aromatic heterocycles. The number of halogens is 1. The first kappa shape index (κ1) is 14.0. The number of thiophene rings is 1. The highest BCUT2D eigenvalue weighted by Crippen LogP contribution is 2.23. The van der Waals surface area contributed by atoms with E-state index in [0.29, 0.717) is 11.6 Å². The van der Waals surface area contributed by atoms with Gasteiger partial charge in [-0.2, -0.15) is 11.3 Å². The maximum absolute atomic E-state index is 10.6. The van der Waals surface area contributed by atoms with Crippen molar-refractivity contribution in [2.75, 3.05) is 0 Å². The number of nitro benzene ring substituents is 1. The number of nitro groups is 1. The summed E-state index contributed by atoms with van der Waals surface area (Å²) in [6.07, 6.45) is 0. The Labute approximate surface area is 120 Å². The minimum Gasteiger partial charge on any atom is -0.306 e. The summed E-state index contributed by atoms with van der Waals surface area (Å²) in [6, 6.07) is 6.83. The molecule has 100 valence electrons. The lowest BCUT2D eigenvalue weighted by Gasteiger charge is -2.13. The van der Waals surface area contributed by atoms with E-state index in [1.54, 1.807) is 17.4 Å². The van der Waals surface area contributed by atoms with Crippen molar-refractivity contribution in [1.82, 2.24) is 5.32 Å². The van der Waals surface area contributed by atoms with E-state index in [1.807, 2.05) is 5.38 Å². The molecule has 19 heavy (non-hydrogen) atoms. The summed E-state index contributed by atoms with van der Waals surface area (Å²) in [5.74, 6) is 0. The van der Waals surface area contributed by atoms with Gasteiger partial charge in [-0.1, -0.05) is 11.6 Å². The first-order valence-electron chi connectivity index (χ1n) is 5.76. The van der Waals surface area contributed by atoms with Gasteiger partial charge in [-0.25, -0.2) is 0 Å². The molecular weight excluding hydrogens is 284 g/mol. The second kappa shape index (κ2) is 6.14. The van der Waals surface area contributed by atoms with Gasteiger partial charge in [0.1, 0.15) is 0 Å². The normalized spacial score (nSPS) is 12.3. The molecule has 0 bridgehead atoms. The van der Waals surface area contributed by atoms with Crippen molar-refractivity contribution in [3.05, 3.63) is 61.3 Å². The quantitative estimate of drug-likeness (QED) is 0.666. The second-order valence-electron chi connectivity index (χ2n) is 4.19. The van der Waals surface area contributed by atoms with E-state index >= 15 is 0 Å². The minimum absolute atomic E-state index is 0.0135. The van der Waals surface area contributed by atoms with Crippen LogP contribution in [0, 0.1) is 10.1 Å². The van der Waals surface area contributed by atoms with E-state index < -0.39 is 4.92 Å². The third kappa shape index (κ3) is 3.53. The van der Waals surface area contributed by atoms with E-state index in [0.717, 1.165) is 5.56 Å². The van der Waals surface area contributed by atoms with Crippen LogP contribution in [0.5, 0.6) is 0 Å². The Hall–Kier alpha value is -1.43. The number of nitrogens with one attached hydrogen (secondary N) is 1.